The molecule has 128 valence electrons. The maximum Gasteiger partial charge on any atom is 0.310 e. The van der Waals surface area contributed by atoms with Gasteiger partial charge in [-0.3, -0.25) is 19.7 Å². The number of fused-ring (bicyclic) bond motifs is 1. The van der Waals surface area contributed by atoms with Crippen molar-refractivity contribution in [3.05, 3.63) is 63.7 Å². The molecule has 7 heteroatoms. The lowest BCUT2D eigenvalue weighted by atomic mass is 10.0. The Morgan fingerprint density at radius 1 is 1.12 bits per heavy atom. The summed E-state index contributed by atoms with van der Waals surface area (Å²) in [4.78, 5) is 35.6. The topological polar surface area (TPSA) is 81.7 Å². The van der Waals surface area contributed by atoms with Crippen LogP contribution in [0.5, 0.6) is 5.75 Å². The van der Waals surface area contributed by atoms with Crippen LogP contribution >= 0.6 is 11.6 Å². The van der Waals surface area contributed by atoms with E-state index < -0.39 is 17.8 Å². The molecular weight excluding hydrogens is 346 g/mol. The Hall–Kier alpha value is -2.86. The molecule has 2 aromatic rings. The van der Waals surface area contributed by atoms with Crippen LogP contribution in [-0.2, 0) is 22.6 Å². The highest BCUT2D eigenvalue weighted by Crippen LogP contribution is 2.24. The molecule has 1 aliphatic rings. The molecule has 0 unspecified atom stereocenters. The zero-order chi connectivity index (χ0) is 18.0. The Morgan fingerprint density at radius 3 is 2.68 bits per heavy atom. The van der Waals surface area contributed by atoms with Crippen LogP contribution in [0.3, 0.4) is 0 Å². The Labute approximate surface area is 148 Å². The first kappa shape index (κ1) is 17.0. The number of methoxy groups -OCH3 is 1. The maximum absolute atomic E-state index is 12.1. The number of hydrogen-bond donors (Lipinski definition) is 1. The third-order valence-electron chi connectivity index (χ3n) is 3.82. The zero-order valence-electron chi connectivity index (χ0n) is 13.3. The van der Waals surface area contributed by atoms with Crippen molar-refractivity contribution in [1.29, 1.82) is 0 Å². The number of rotatable bonds is 5. The molecule has 2 aromatic carbocycles. The molecule has 6 nitrogen and oxygen atoms in total. The van der Waals surface area contributed by atoms with Crippen LogP contribution in [0.2, 0.25) is 5.02 Å². The molecule has 0 radical (unpaired) electrons. The predicted molar refractivity (Wildman–Crippen MR) is 89.7 cm³/mol. The minimum atomic E-state index is -0.516. The van der Waals surface area contributed by atoms with Gasteiger partial charge in [0.25, 0.3) is 11.8 Å². The Bertz CT molecular complexity index is 878. The zero-order valence-corrected chi connectivity index (χ0v) is 14.1. The molecule has 1 aliphatic heterocycles. The smallest absolute Gasteiger partial charge is 0.310 e. The van der Waals surface area contributed by atoms with Crippen molar-refractivity contribution >= 4 is 29.4 Å². The summed E-state index contributed by atoms with van der Waals surface area (Å²) in [6.07, 6.45) is -0.111. The van der Waals surface area contributed by atoms with Gasteiger partial charge in [-0.2, -0.15) is 0 Å². The van der Waals surface area contributed by atoms with Gasteiger partial charge in [0.2, 0.25) is 0 Å². The highest BCUT2D eigenvalue weighted by Gasteiger charge is 2.29. The van der Waals surface area contributed by atoms with Crippen LogP contribution in [-0.4, -0.2) is 24.9 Å². The molecule has 0 atom stereocenters. The fourth-order valence-electron chi connectivity index (χ4n) is 2.64. The minimum Gasteiger partial charge on any atom is -0.496 e. The fraction of sp³-hybridized carbons (Fsp3) is 0.167. The molecular formula is C18H14ClNO5. The van der Waals surface area contributed by atoms with Gasteiger partial charge in [-0.25, -0.2) is 0 Å². The van der Waals surface area contributed by atoms with Crippen molar-refractivity contribution in [1.82, 2.24) is 5.32 Å². The third-order valence-corrected chi connectivity index (χ3v) is 4.06. The second kappa shape index (κ2) is 6.94. The average Bonchev–Trinajstić information content (AvgIpc) is 2.89. The van der Waals surface area contributed by atoms with Crippen LogP contribution in [0.25, 0.3) is 0 Å². The maximum atomic E-state index is 12.1. The monoisotopic (exact) mass is 359 g/mol. The van der Waals surface area contributed by atoms with E-state index >= 15 is 0 Å². The summed E-state index contributed by atoms with van der Waals surface area (Å²) in [6, 6.07) is 9.81. The standard InChI is InChI=1S/C18H14ClNO5/c1-24-14-8-12(19)6-5-11(14)9-25-15(21)7-10-3-2-4-13-16(10)18(23)20-17(13)22/h2-6,8H,7,9H2,1H3,(H,20,22,23). The first-order valence-electron chi connectivity index (χ1n) is 7.45. The molecule has 0 saturated heterocycles. The van der Waals surface area contributed by atoms with Gasteiger partial charge in [0.05, 0.1) is 24.7 Å². The lowest BCUT2D eigenvalue weighted by Gasteiger charge is -2.10. The van der Waals surface area contributed by atoms with Gasteiger partial charge in [0.1, 0.15) is 12.4 Å². The van der Waals surface area contributed by atoms with E-state index in [-0.39, 0.29) is 24.2 Å². The molecule has 1 N–H and O–H groups in total. The SMILES string of the molecule is COc1cc(Cl)ccc1COC(=O)Cc1cccc2c1C(=O)NC2=O. The number of nitrogens with one attached hydrogen (secondary N) is 1. The van der Waals surface area contributed by atoms with Crippen LogP contribution in [0.15, 0.2) is 36.4 Å². The minimum absolute atomic E-state index is 0.0132. The highest BCUT2D eigenvalue weighted by atomic mass is 35.5. The van der Waals surface area contributed by atoms with E-state index in [1.54, 1.807) is 36.4 Å². The number of halogens is 1. The van der Waals surface area contributed by atoms with Gasteiger partial charge in [0.15, 0.2) is 0 Å². The first-order valence-corrected chi connectivity index (χ1v) is 7.83. The molecule has 25 heavy (non-hydrogen) atoms. The number of ether oxygens (including phenoxy) is 2. The third kappa shape index (κ3) is 3.49. The summed E-state index contributed by atoms with van der Waals surface area (Å²) in [5.74, 6) is -0.952. The lowest BCUT2D eigenvalue weighted by molar-refractivity contribution is -0.144. The molecule has 0 spiro atoms. The van der Waals surface area contributed by atoms with Crippen molar-refractivity contribution in [3.63, 3.8) is 0 Å². The lowest BCUT2D eigenvalue weighted by Crippen LogP contribution is -2.20. The second-order valence-corrected chi connectivity index (χ2v) is 5.85. The normalized spacial score (nSPS) is 12.6. The van der Waals surface area contributed by atoms with Gasteiger partial charge < -0.3 is 9.47 Å². The Balaban J connectivity index is 1.71. The number of amides is 2. The first-order chi connectivity index (χ1) is 12.0. The van der Waals surface area contributed by atoms with Gasteiger partial charge in [-0.15, -0.1) is 0 Å². The van der Waals surface area contributed by atoms with Gasteiger partial charge >= 0.3 is 5.97 Å². The van der Waals surface area contributed by atoms with Crippen LogP contribution < -0.4 is 10.1 Å². The summed E-state index contributed by atoms with van der Waals surface area (Å²) in [5, 5.41) is 2.73. The molecule has 2 amide bonds. The van der Waals surface area contributed by atoms with Crippen molar-refractivity contribution in [2.24, 2.45) is 0 Å². The van der Waals surface area contributed by atoms with Gasteiger partial charge in [0, 0.05) is 10.6 Å². The highest BCUT2D eigenvalue weighted by molar-refractivity contribution is 6.30. The van der Waals surface area contributed by atoms with Gasteiger partial charge in [-0.05, 0) is 23.8 Å². The van der Waals surface area contributed by atoms with E-state index in [2.05, 4.69) is 5.32 Å². The van der Waals surface area contributed by atoms with E-state index in [1.165, 1.54) is 7.11 Å². The predicted octanol–water partition coefficient (Wildman–Crippen LogP) is 2.52. The molecule has 0 aromatic heterocycles. The number of hydrogen-bond acceptors (Lipinski definition) is 5. The summed E-state index contributed by atoms with van der Waals surface area (Å²) in [6.45, 7) is 0.0132. The van der Waals surface area contributed by atoms with E-state index in [4.69, 9.17) is 21.1 Å². The molecule has 3 rings (SSSR count). The molecule has 0 aliphatic carbocycles. The quantitative estimate of drug-likeness (QED) is 0.655. The second-order valence-electron chi connectivity index (χ2n) is 5.42. The number of carbonyl (C=O) groups excluding carboxylic acids is 3. The number of esters is 1. The molecule has 0 fully saturated rings. The number of carbonyl (C=O) groups is 3. The molecule has 0 saturated carbocycles. The van der Waals surface area contributed by atoms with E-state index in [1.807, 2.05) is 0 Å². The van der Waals surface area contributed by atoms with E-state index in [0.29, 0.717) is 21.9 Å². The molecule has 0 bridgehead atoms. The number of benzene rings is 2. The average molecular weight is 360 g/mol. The summed E-state index contributed by atoms with van der Waals surface area (Å²) < 4.78 is 10.5. The Kier molecular flexibility index (Phi) is 4.72. The van der Waals surface area contributed by atoms with Crippen molar-refractivity contribution in [3.8, 4) is 5.75 Å². The van der Waals surface area contributed by atoms with E-state index in [0.717, 1.165) is 0 Å². The summed E-state index contributed by atoms with van der Waals surface area (Å²) in [7, 11) is 1.50. The van der Waals surface area contributed by atoms with Crippen LogP contribution in [0.4, 0.5) is 0 Å². The van der Waals surface area contributed by atoms with Crippen molar-refractivity contribution in [2.75, 3.05) is 7.11 Å². The van der Waals surface area contributed by atoms with Crippen molar-refractivity contribution in [2.45, 2.75) is 13.0 Å². The van der Waals surface area contributed by atoms with Gasteiger partial charge in [-0.1, -0.05) is 29.8 Å². The van der Waals surface area contributed by atoms with Crippen molar-refractivity contribution < 1.29 is 23.9 Å². The largest absolute Gasteiger partial charge is 0.496 e. The summed E-state index contributed by atoms with van der Waals surface area (Å²) in [5.41, 5.74) is 1.63. The van der Waals surface area contributed by atoms with Crippen LogP contribution in [0.1, 0.15) is 31.8 Å². The van der Waals surface area contributed by atoms with E-state index in [9.17, 15) is 14.4 Å². The summed E-state index contributed by atoms with van der Waals surface area (Å²) >= 11 is 5.89. The Morgan fingerprint density at radius 2 is 1.92 bits per heavy atom. The molecule has 1 heterocycles. The number of imide groups is 1. The fourth-order valence-corrected chi connectivity index (χ4v) is 2.80. The van der Waals surface area contributed by atoms with Crippen LogP contribution in [0, 0.1) is 0 Å².